The van der Waals surface area contributed by atoms with E-state index in [0.717, 1.165) is 32.1 Å². The first-order chi connectivity index (χ1) is 13.0. The molecule has 0 amide bonds. The Morgan fingerprint density at radius 3 is 2.00 bits per heavy atom. The lowest BCUT2D eigenvalue weighted by Crippen LogP contribution is -1.98. The Morgan fingerprint density at radius 1 is 0.852 bits per heavy atom. The number of hydrogen-bond acceptors (Lipinski definition) is 5. The number of carbonyl (C=O) groups excluding carboxylic acids is 1. The smallest absolute Gasteiger partial charge is 0.246 e. The van der Waals surface area contributed by atoms with Crippen LogP contribution in [0.15, 0.2) is 47.9 Å². The van der Waals surface area contributed by atoms with E-state index in [-0.39, 0.29) is 24.2 Å². The van der Waals surface area contributed by atoms with Crippen LogP contribution in [-0.2, 0) is 4.79 Å². The molecular weight excluding hydrogens is 348 g/mol. The van der Waals surface area contributed by atoms with E-state index < -0.39 is 9.85 Å². The molecule has 0 unspecified atom stereocenters. The van der Waals surface area contributed by atoms with Gasteiger partial charge in [-0.05, 0) is 44.3 Å². The first kappa shape index (κ1) is 24.4. The fraction of sp³-hybridized carbons (Fsp3) is 0.550. The molecular formula is C20H29N2O5. The van der Waals surface area contributed by atoms with E-state index in [1.807, 2.05) is 25.4 Å². The molecule has 0 aliphatic heterocycles. The molecule has 0 aliphatic carbocycles. The van der Waals surface area contributed by atoms with Gasteiger partial charge in [0.2, 0.25) is 11.4 Å². The SMILES string of the molecule is CC/C=C(/C/C=C/C/C(=C/C/C=C/CCCCCC[C]=O)[N+](=O)[O-])[N+](=O)[O-]. The van der Waals surface area contributed by atoms with Gasteiger partial charge >= 0.3 is 0 Å². The minimum Gasteiger partial charge on any atom is -0.291 e. The fourth-order valence-electron chi connectivity index (χ4n) is 2.34. The Kier molecular flexibility index (Phi) is 15.3. The molecule has 0 aromatic rings. The number of nitro groups is 2. The lowest BCUT2D eigenvalue weighted by atomic mass is 10.1. The van der Waals surface area contributed by atoms with Gasteiger partial charge in [-0.15, -0.1) is 0 Å². The van der Waals surface area contributed by atoms with Gasteiger partial charge in [0.1, 0.15) is 0 Å². The van der Waals surface area contributed by atoms with Crippen LogP contribution in [0.3, 0.4) is 0 Å². The minimum atomic E-state index is -0.427. The van der Waals surface area contributed by atoms with Crippen molar-refractivity contribution in [2.45, 2.75) is 71.1 Å². The van der Waals surface area contributed by atoms with Gasteiger partial charge in [0.25, 0.3) is 0 Å². The summed E-state index contributed by atoms with van der Waals surface area (Å²) in [5.74, 6) is 0. The molecule has 0 heterocycles. The van der Waals surface area contributed by atoms with E-state index in [1.165, 1.54) is 0 Å². The molecule has 0 atom stereocenters. The summed E-state index contributed by atoms with van der Waals surface area (Å²) in [4.78, 5) is 31.1. The van der Waals surface area contributed by atoms with Crippen molar-refractivity contribution in [2.75, 3.05) is 0 Å². The van der Waals surface area contributed by atoms with Crippen LogP contribution >= 0.6 is 0 Å². The molecule has 0 aromatic carbocycles. The topological polar surface area (TPSA) is 103 Å². The standard InChI is InChI=1S/C20H29N2O5/c1-2-14-19(21(24)25)16-11-12-17-20(22(26)27)15-10-8-6-4-3-5-7-9-13-18-23/h6,8,11-12,14-15H,2-5,7,9-10,13,16-17H2,1H3/b8-6+,12-11+,19-14-,20-15-. The first-order valence-electron chi connectivity index (χ1n) is 9.34. The van der Waals surface area contributed by atoms with Gasteiger partial charge < -0.3 is 0 Å². The van der Waals surface area contributed by atoms with Crippen LogP contribution in [0.1, 0.15) is 71.1 Å². The second-order valence-electron chi connectivity index (χ2n) is 6.00. The number of allylic oxidation sites excluding steroid dienone is 6. The van der Waals surface area contributed by atoms with Crippen LogP contribution in [0.2, 0.25) is 0 Å². The van der Waals surface area contributed by atoms with Crippen LogP contribution in [0.25, 0.3) is 0 Å². The summed E-state index contributed by atoms with van der Waals surface area (Å²) in [6.07, 6.45) is 18.9. The van der Waals surface area contributed by atoms with Gasteiger partial charge in [0.05, 0.1) is 22.7 Å². The van der Waals surface area contributed by atoms with E-state index >= 15 is 0 Å². The predicted octanol–water partition coefficient (Wildman–Crippen LogP) is 5.45. The van der Waals surface area contributed by atoms with Crippen molar-refractivity contribution in [3.8, 4) is 0 Å². The van der Waals surface area contributed by atoms with Crippen molar-refractivity contribution in [1.82, 2.24) is 0 Å². The molecule has 7 heteroatoms. The van der Waals surface area contributed by atoms with Crippen LogP contribution in [0, 0.1) is 20.2 Å². The Labute approximate surface area is 160 Å². The Hall–Kier alpha value is -2.57. The maximum Gasteiger partial charge on any atom is 0.246 e. The van der Waals surface area contributed by atoms with Crippen LogP contribution in [0.5, 0.6) is 0 Å². The van der Waals surface area contributed by atoms with Crippen molar-refractivity contribution in [2.24, 2.45) is 0 Å². The molecule has 0 N–H and O–H groups in total. The predicted molar refractivity (Wildman–Crippen MR) is 106 cm³/mol. The summed E-state index contributed by atoms with van der Waals surface area (Å²) in [5, 5.41) is 21.9. The first-order valence-corrected chi connectivity index (χ1v) is 9.34. The van der Waals surface area contributed by atoms with E-state index in [9.17, 15) is 25.0 Å². The summed E-state index contributed by atoms with van der Waals surface area (Å²) < 4.78 is 0. The second-order valence-corrected chi connectivity index (χ2v) is 6.00. The molecule has 0 fully saturated rings. The third-order valence-electron chi connectivity index (χ3n) is 3.79. The Morgan fingerprint density at radius 2 is 1.44 bits per heavy atom. The van der Waals surface area contributed by atoms with E-state index in [4.69, 9.17) is 0 Å². The van der Waals surface area contributed by atoms with Gasteiger partial charge in [-0.3, -0.25) is 25.0 Å². The highest BCUT2D eigenvalue weighted by molar-refractivity contribution is 5.50. The fourth-order valence-corrected chi connectivity index (χ4v) is 2.34. The largest absolute Gasteiger partial charge is 0.291 e. The maximum absolute atomic E-state index is 11.1. The lowest BCUT2D eigenvalue weighted by molar-refractivity contribution is -0.427. The highest BCUT2D eigenvalue weighted by Crippen LogP contribution is 2.10. The number of rotatable bonds is 16. The Bertz CT molecular complexity index is 577. The number of unbranched alkanes of at least 4 members (excludes halogenated alkanes) is 5. The van der Waals surface area contributed by atoms with Crippen molar-refractivity contribution in [3.63, 3.8) is 0 Å². The van der Waals surface area contributed by atoms with Crippen LogP contribution in [-0.4, -0.2) is 16.1 Å². The molecule has 0 saturated heterocycles. The molecule has 7 nitrogen and oxygen atoms in total. The normalized spacial score (nSPS) is 12.8. The van der Waals surface area contributed by atoms with Crippen LogP contribution in [0.4, 0.5) is 0 Å². The average molecular weight is 377 g/mol. The molecule has 1 radical (unpaired) electrons. The summed E-state index contributed by atoms with van der Waals surface area (Å²) in [7, 11) is 0. The molecule has 27 heavy (non-hydrogen) atoms. The molecule has 0 saturated carbocycles. The van der Waals surface area contributed by atoms with Crippen LogP contribution < -0.4 is 0 Å². The van der Waals surface area contributed by atoms with E-state index in [1.54, 1.807) is 24.3 Å². The van der Waals surface area contributed by atoms with E-state index in [0.29, 0.717) is 19.3 Å². The molecule has 0 aliphatic rings. The molecule has 149 valence electrons. The zero-order valence-corrected chi connectivity index (χ0v) is 16.0. The molecule has 0 aromatic heterocycles. The average Bonchev–Trinajstić information content (AvgIpc) is 2.63. The summed E-state index contributed by atoms with van der Waals surface area (Å²) in [5.41, 5.74) is 0.191. The third kappa shape index (κ3) is 14.3. The molecule has 0 bridgehead atoms. The summed E-state index contributed by atoms with van der Waals surface area (Å²) >= 11 is 0. The van der Waals surface area contributed by atoms with Crippen molar-refractivity contribution in [3.05, 3.63) is 68.1 Å². The highest BCUT2D eigenvalue weighted by atomic mass is 16.6. The van der Waals surface area contributed by atoms with Gasteiger partial charge in [0, 0.05) is 6.42 Å². The second kappa shape index (κ2) is 16.9. The third-order valence-corrected chi connectivity index (χ3v) is 3.79. The van der Waals surface area contributed by atoms with Gasteiger partial charge in [-0.1, -0.05) is 44.1 Å². The minimum absolute atomic E-state index is 0.0862. The summed E-state index contributed by atoms with van der Waals surface area (Å²) in [6.45, 7) is 1.82. The lowest BCUT2D eigenvalue weighted by Gasteiger charge is -1.96. The van der Waals surface area contributed by atoms with Crippen molar-refractivity contribution in [1.29, 1.82) is 0 Å². The van der Waals surface area contributed by atoms with Crippen molar-refractivity contribution < 1.29 is 14.6 Å². The summed E-state index contributed by atoms with van der Waals surface area (Å²) in [6, 6.07) is 0. The Balaban J connectivity index is 4.24. The highest BCUT2D eigenvalue weighted by Gasteiger charge is 2.09. The van der Waals surface area contributed by atoms with Gasteiger partial charge in [-0.25, -0.2) is 0 Å². The van der Waals surface area contributed by atoms with Crippen molar-refractivity contribution >= 4 is 6.29 Å². The molecule has 0 spiro atoms. The number of hydrogen-bond donors (Lipinski definition) is 0. The quantitative estimate of drug-likeness (QED) is 0.154. The molecule has 0 rings (SSSR count). The zero-order chi connectivity index (χ0) is 20.3. The van der Waals surface area contributed by atoms with Gasteiger partial charge in [0.15, 0.2) is 6.29 Å². The van der Waals surface area contributed by atoms with Gasteiger partial charge in [-0.2, -0.15) is 0 Å². The monoisotopic (exact) mass is 377 g/mol. The zero-order valence-electron chi connectivity index (χ0n) is 16.0. The van der Waals surface area contributed by atoms with E-state index in [2.05, 4.69) is 0 Å². The maximum atomic E-state index is 11.1. The number of nitrogens with zero attached hydrogens (tertiary/aromatic N) is 2.